The number of carbonyl (C=O) groups is 1. The lowest BCUT2D eigenvalue weighted by atomic mass is 10.0. The van der Waals surface area contributed by atoms with Gasteiger partial charge in [0.2, 0.25) is 0 Å². The SMILES string of the molecule is CCc1ccc(NC(=O)NC(C)CO)cc1CC. The molecular weight excluding hydrogens is 228 g/mol. The first kappa shape index (κ1) is 14.5. The second-order valence-corrected chi connectivity index (χ2v) is 4.37. The van der Waals surface area contributed by atoms with Gasteiger partial charge in [0, 0.05) is 5.69 Å². The van der Waals surface area contributed by atoms with Gasteiger partial charge >= 0.3 is 6.03 Å². The Morgan fingerprint density at radius 1 is 1.28 bits per heavy atom. The molecule has 2 amide bonds. The van der Waals surface area contributed by atoms with Gasteiger partial charge in [-0.2, -0.15) is 0 Å². The van der Waals surface area contributed by atoms with Crippen molar-refractivity contribution in [1.82, 2.24) is 5.32 Å². The fraction of sp³-hybridized carbons (Fsp3) is 0.500. The summed E-state index contributed by atoms with van der Waals surface area (Å²) in [7, 11) is 0. The summed E-state index contributed by atoms with van der Waals surface area (Å²) < 4.78 is 0. The van der Waals surface area contributed by atoms with Crippen LogP contribution in [0.25, 0.3) is 0 Å². The van der Waals surface area contributed by atoms with Crippen LogP contribution >= 0.6 is 0 Å². The van der Waals surface area contributed by atoms with Gasteiger partial charge in [0.25, 0.3) is 0 Å². The van der Waals surface area contributed by atoms with E-state index in [0.29, 0.717) is 0 Å². The number of aliphatic hydroxyl groups is 1. The number of amides is 2. The molecule has 4 nitrogen and oxygen atoms in total. The lowest BCUT2D eigenvalue weighted by Crippen LogP contribution is -2.38. The van der Waals surface area contributed by atoms with Crippen LogP contribution in [-0.2, 0) is 12.8 Å². The largest absolute Gasteiger partial charge is 0.394 e. The normalized spacial score (nSPS) is 12.0. The smallest absolute Gasteiger partial charge is 0.319 e. The van der Waals surface area contributed by atoms with E-state index in [1.165, 1.54) is 11.1 Å². The first-order valence-electron chi connectivity index (χ1n) is 6.40. The van der Waals surface area contributed by atoms with Crippen LogP contribution in [0.4, 0.5) is 10.5 Å². The summed E-state index contributed by atoms with van der Waals surface area (Å²) in [5.74, 6) is 0. The first-order valence-corrected chi connectivity index (χ1v) is 6.40. The summed E-state index contributed by atoms with van der Waals surface area (Å²) in [6.45, 7) is 5.91. The molecular formula is C14H22N2O2. The van der Waals surface area contributed by atoms with Gasteiger partial charge in [-0.15, -0.1) is 0 Å². The van der Waals surface area contributed by atoms with E-state index in [2.05, 4.69) is 24.5 Å². The number of rotatable bonds is 5. The summed E-state index contributed by atoms with van der Waals surface area (Å²) in [5, 5.41) is 14.3. The Morgan fingerprint density at radius 2 is 1.94 bits per heavy atom. The van der Waals surface area contributed by atoms with Gasteiger partial charge in [-0.1, -0.05) is 19.9 Å². The molecule has 18 heavy (non-hydrogen) atoms. The van der Waals surface area contributed by atoms with Gasteiger partial charge < -0.3 is 15.7 Å². The molecule has 0 saturated carbocycles. The summed E-state index contributed by atoms with van der Waals surface area (Å²) in [4.78, 5) is 11.6. The van der Waals surface area contributed by atoms with Crippen molar-refractivity contribution in [3.8, 4) is 0 Å². The van der Waals surface area contributed by atoms with Gasteiger partial charge in [0.05, 0.1) is 12.6 Å². The average molecular weight is 250 g/mol. The fourth-order valence-corrected chi connectivity index (χ4v) is 1.81. The minimum atomic E-state index is -0.289. The van der Waals surface area contributed by atoms with Crippen LogP contribution in [0.3, 0.4) is 0 Å². The van der Waals surface area contributed by atoms with Crippen LogP contribution < -0.4 is 10.6 Å². The summed E-state index contributed by atoms with van der Waals surface area (Å²) in [5.41, 5.74) is 3.35. The molecule has 0 aliphatic heterocycles. The second-order valence-electron chi connectivity index (χ2n) is 4.37. The van der Waals surface area contributed by atoms with Crippen LogP contribution in [0, 0.1) is 0 Å². The molecule has 0 spiro atoms. The Kier molecular flexibility index (Phi) is 5.65. The molecule has 3 N–H and O–H groups in total. The minimum absolute atomic E-state index is 0.0671. The van der Waals surface area contributed by atoms with E-state index in [1.807, 2.05) is 18.2 Å². The van der Waals surface area contributed by atoms with Crippen LogP contribution in [0.15, 0.2) is 18.2 Å². The van der Waals surface area contributed by atoms with Gasteiger partial charge in [-0.05, 0) is 43.0 Å². The summed E-state index contributed by atoms with van der Waals surface area (Å²) >= 11 is 0. The van der Waals surface area contributed by atoms with Crippen molar-refractivity contribution in [2.75, 3.05) is 11.9 Å². The van der Waals surface area contributed by atoms with Gasteiger partial charge in [-0.3, -0.25) is 0 Å². The van der Waals surface area contributed by atoms with E-state index in [-0.39, 0.29) is 18.7 Å². The Bertz CT molecular complexity index is 405. The molecule has 0 radical (unpaired) electrons. The Hall–Kier alpha value is -1.55. The van der Waals surface area contributed by atoms with E-state index in [1.54, 1.807) is 6.92 Å². The maximum absolute atomic E-state index is 11.6. The molecule has 0 bridgehead atoms. The van der Waals surface area contributed by atoms with Crippen LogP contribution in [0.2, 0.25) is 0 Å². The van der Waals surface area contributed by atoms with Crippen LogP contribution in [-0.4, -0.2) is 23.8 Å². The highest BCUT2D eigenvalue weighted by Gasteiger charge is 2.07. The highest BCUT2D eigenvalue weighted by atomic mass is 16.3. The molecule has 0 aromatic heterocycles. The molecule has 1 aromatic rings. The lowest BCUT2D eigenvalue weighted by Gasteiger charge is -2.13. The van der Waals surface area contributed by atoms with E-state index in [4.69, 9.17) is 5.11 Å². The highest BCUT2D eigenvalue weighted by Crippen LogP contribution is 2.17. The quantitative estimate of drug-likeness (QED) is 0.751. The predicted octanol–water partition coefficient (Wildman–Crippen LogP) is 2.31. The van der Waals surface area contributed by atoms with Gasteiger partial charge in [-0.25, -0.2) is 4.79 Å². The first-order chi connectivity index (χ1) is 8.60. The molecule has 0 aliphatic carbocycles. The maximum Gasteiger partial charge on any atom is 0.319 e. The van der Waals surface area contributed by atoms with Crippen molar-refractivity contribution in [2.45, 2.75) is 39.7 Å². The molecule has 0 heterocycles. The van der Waals surface area contributed by atoms with Crippen LogP contribution in [0.5, 0.6) is 0 Å². The average Bonchev–Trinajstić information content (AvgIpc) is 2.38. The number of anilines is 1. The number of urea groups is 1. The second kappa shape index (κ2) is 7.01. The molecule has 1 rings (SSSR count). The number of hydrogen-bond donors (Lipinski definition) is 3. The minimum Gasteiger partial charge on any atom is -0.394 e. The molecule has 1 aromatic carbocycles. The lowest BCUT2D eigenvalue weighted by molar-refractivity contribution is 0.229. The van der Waals surface area contributed by atoms with Gasteiger partial charge in [0.1, 0.15) is 0 Å². The molecule has 1 unspecified atom stereocenters. The third-order valence-electron chi connectivity index (χ3n) is 2.88. The molecule has 100 valence electrons. The van der Waals surface area contributed by atoms with Crippen molar-refractivity contribution in [2.24, 2.45) is 0 Å². The van der Waals surface area contributed by atoms with Crippen molar-refractivity contribution in [3.63, 3.8) is 0 Å². The summed E-state index contributed by atoms with van der Waals surface area (Å²) in [6.07, 6.45) is 1.95. The van der Waals surface area contributed by atoms with Crippen molar-refractivity contribution in [3.05, 3.63) is 29.3 Å². The van der Waals surface area contributed by atoms with E-state index >= 15 is 0 Å². The molecule has 1 atom stereocenters. The topological polar surface area (TPSA) is 61.4 Å². The fourth-order valence-electron chi connectivity index (χ4n) is 1.81. The number of aliphatic hydroxyl groups excluding tert-OH is 1. The van der Waals surface area contributed by atoms with E-state index < -0.39 is 0 Å². The number of carbonyl (C=O) groups excluding carboxylic acids is 1. The Balaban J connectivity index is 2.70. The highest BCUT2D eigenvalue weighted by molar-refractivity contribution is 5.89. The molecule has 0 saturated heterocycles. The van der Waals surface area contributed by atoms with Crippen molar-refractivity contribution in [1.29, 1.82) is 0 Å². The third-order valence-corrected chi connectivity index (χ3v) is 2.88. The number of nitrogens with one attached hydrogen (secondary N) is 2. The monoisotopic (exact) mass is 250 g/mol. The standard InChI is InChI=1S/C14H22N2O2/c1-4-11-6-7-13(8-12(11)5-2)16-14(18)15-10(3)9-17/h6-8,10,17H,4-5,9H2,1-3H3,(H2,15,16,18). The van der Waals surface area contributed by atoms with E-state index in [9.17, 15) is 4.79 Å². The summed E-state index contributed by atoms with van der Waals surface area (Å²) in [6, 6.07) is 5.42. The van der Waals surface area contributed by atoms with E-state index in [0.717, 1.165) is 18.5 Å². The molecule has 0 aliphatic rings. The molecule has 0 fully saturated rings. The number of benzene rings is 1. The van der Waals surface area contributed by atoms with Crippen molar-refractivity contribution >= 4 is 11.7 Å². The third kappa shape index (κ3) is 4.04. The number of aryl methyl sites for hydroxylation is 2. The van der Waals surface area contributed by atoms with Crippen LogP contribution in [0.1, 0.15) is 31.9 Å². The maximum atomic E-state index is 11.6. The Morgan fingerprint density at radius 3 is 2.50 bits per heavy atom. The van der Waals surface area contributed by atoms with Crippen molar-refractivity contribution < 1.29 is 9.90 Å². The van der Waals surface area contributed by atoms with Gasteiger partial charge in [0.15, 0.2) is 0 Å². The predicted molar refractivity (Wildman–Crippen MR) is 73.9 cm³/mol. The zero-order valence-corrected chi connectivity index (χ0v) is 11.3. The molecule has 4 heteroatoms. The number of hydrogen-bond acceptors (Lipinski definition) is 2. The Labute approximate surface area is 108 Å². The zero-order chi connectivity index (χ0) is 13.5. The zero-order valence-electron chi connectivity index (χ0n) is 11.3.